The number of hydrogen-bond acceptors (Lipinski definition) is 3. The molecule has 0 saturated carbocycles. The van der Waals surface area contributed by atoms with Crippen LogP contribution in [0.4, 0.5) is 0 Å². The zero-order chi connectivity index (χ0) is 8.55. The highest BCUT2D eigenvalue weighted by molar-refractivity contribution is 8.03. The largest absolute Gasteiger partial charge is 0.372 e. The van der Waals surface area contributed by atoms with E-state index in [1.54, 1.807) is 4.91 Å². The molecule has 0 radical (unpaired) electrons. The van der Waals surface area contributed by atoms with Crippen molar-refractivity contribution in [2.75, 3.05) is 13.2 Å². The van der Waals surface area contributed by atoms with Crippen molar-refractivity contribution in [1.82, 2.24) is 0 Å². The first-order chi connectivity index (χ1) is 5.81. The lowest BCUT2D eigenvalue weighted by atomic mass is 10.0. The fourth-order valence-corrected chi connectivity index (χ4v) is 3.23. The van der Waals surface area contributed by atoms with Gasteiger partial charge in [0.15, 0.2) is 0 Å². The van der Waals surface area contributed by atoms with Crippen molar-refractivity contribution in [2.24, 2.45) is 5.73 Å². The SMILES string of the molecule is CC1CC2=C(CCO[C@H]2CN)S1. The Morgan fingerprint density at radius 3 is 3.25 bits per heavy atom. The molecule has 0 fully saturated rings. The summed E-state index contributed by atoms with van der Waals surface area (Å²) in [5.41, 5.74) is 7.12. The summed E-state index contributed by atoms with van der Waals surface area (Å²) >= 11 is 2.01. The number of nitrogens with two attached hydrogens (primary N) is 1. The van der Waals surface area contributed by atoms with Crippen LogP contribution in [-0.4, -0.2) is 24.5 Å². The fraction of sp³-hybridized carbons (Fsp3) is 0.778. The molecule has 0 bridgehead atoms. The minimum absolute atomic E-state index is 0.228. The van der Waals surface area contributed by atoms with Crippen molar-refractivity contribution >= 4 is 11.8 Å². The van der Waals surface area contributed by atoms with Gasteiger partial charge in [0.25, 0.3) is 0 Å². The molecule has 2 atom stereocenters. The van der Waals surface area contributed by atoms with E-state index in [2.05, 4.69) is 6.92 Å². The molecule has 2 N–H and O–H groups in total. The van der Waals surface area contributed by atoms with Crippen LogP contribution in [0.25, 0.3) is 0 Å². The molecule has 0 saturated heterocycles. The molecule has 2 heterocycles. The molecule has 2 aliphatic rings. The van der Waals surface area contributed by atoms with Crippen LogP contribution in [0.5, 0.6) is 0 Å². The van der Waals surface area contributed by atoms with Gasteiger partial charge in [0.2, 0.25) is 0 Å². The standard InChI is InChI=1S/C9H15NOS/c1-6-4-7-8(5-10)11-3-2-9(7)12-6/h6,8H,2-5,10H2,1H3/t6?,8-/m0/s1. The van der Waals surface area contributed by atoms with E-state index >= 15 is 0 Å². The average Bonchev–Trinajstić information content (AvgIpc) is 2.44. The molecule has 0 aromatic carbocycles. The third-order valence-corrected chi connectivity index (χ3v) is 3.78. The van der Waals surface area contributed by atoms with E-state index in [1.165, 1.54) is 12.0 Å². The zero-order valence-electron chi connectivity index (χ0n) is 7.38. The van der Waals surface area contributed by atoms with Gasteiger partial charge in [-0.2, -0.15) is 0 Å². The van der Waals surface area contributed by atoms with Crippen LogP contribution in [0.15, 0.2) is 10.5 Å². The first-order valence-corrected chi connectivity index (χ1v) is 5.39. The number of rotatable bonds is 1. The lowest BCUT2D eigenvalue weighted by Crippen LogP contribution is -2.29. The van der Waals surface area contributed by atoms with Crippen LogP contribution in [0.1, 0.15) is 19.8 Å². The molecule has 2 aliphatic heterocycles. The molecule has 1 unspecified atom stereocenters. The molecule has 12 heavy (non-hydrogen) atoms. The Morgan fingerprint density at radius 2 is 2.50 bits per heavy atom. The Hall–Kier alpha value is 0.0100. The van der Waals surface area contributed by atoms with Gasteiger partial charge in [0, 0.05) is 18.2 Å². The van der Waals surface area contributed by atoms with E-state index in [1.807, 2.05) is 11.8 Å². The maximum Gasteiger partial charge on any atom is 0.0918 e. The normalized spacial score (nSPS) is 35.5. The van der Waals surface area contributed by atoms with Crippen molar-refractivity contribution in [3.63, 3.8) is 0 Å². The zero-order valence-corrected chi connectivity index (χ0v) is 8.19. The van der Waals surface area contributed by atoms with Crippen molar-refractivity contribution in [3.05, 3.63) is 10.5 Å². The highest BCUT2D eigenvalue weighted by Gasteiger charge is 2.30. The summed E-state index contributed by atoms with van der Waals surface area (Å²) in [6.07, 6.45) is 2.52. The minimum atomic E-state index is 0.228. The van der Waals surface area contributed by atoms with Gasteiger partial charge in [-0.3, -0.25) is 0 Å². The first-order valence-electron chi connectivity index (χ1n) is 4.51. The monoisotopic (exact) mass is 185 g/mol. The van der Waals surface area contributed by atoms with E-state index in [0.717, 1.165) is 18.3 Å². The van der Waals surface area contributed by atoms with E-state index in [9.17, 15) is 0 Å². The molecule has 0 aromatic heterocycles. The average molecular weight is 185 g/mol. The number of thioether (sulfide) groups is 1. The van der Waals surface area contributed by atoms with Gasteiger partial charge in [0.05, 0.1) is 12.7 Å². The maximum absolute atomic E-state index is 5.64. The summed E-state index contributed by atoms with van der Waals surface area (Å²) < 4.78 is 5.59. The topological polar surface area (TPSA) is 35.2 Å². The predicted molar refractivity (Wildman–Crippen MR) is 52.1 cm³/mol. The van der Waals surface area contributed by atoms with Crippen LogP contribution in [0.2, 0.25) is 0 Å². The molecule has 0 spiro atoms. The van der Waals surface area contributed by atoms with Gasteiger partial charge in [-0.1, -0.05) is 6.92 Å². The van der Waals surface area contributed by atoms with Gasteiger partial charge < -0.3 is 10.5 Å². The molecular weight excluding hydrogens is 170 g/mol. The molecule has 2 nitrogen and oxygen atoms in total. The van der Waals surface area contributed by atoms with E-state index in [-0.39, 0.29) is 6.10 Å². The van der Waals surface area contributed by atoms with E-state index in [4.69, 9.17) is 10.5 Å². The second kappa shape index (κ2) is 3.40. The summed E-state index contributed by atoms with van der Waals surface area (Å²) in [7, 11) is 0. The van der Waals surface area contributed by atoms with E-state index in [0.29, 0.717) is 6.54 Å². The van der Waals surface area contributed by atoms with Crippen molar-refractivity contribution in [1.29, 1.82) is 0 Å². The third-order valence-electron chi connectivity index (χ3n) is 2.46. The lowest BCUT2D eigenvalue weighted by Gasteiger charge is -2.23. The summed E-state index contributed by atoms with van der Waals surface area (Å²) in [5, 5.41) is 0.741. The van der Waals surface area contributed by atoms with Crippen LogP contribution in [-0.2, 0) is 4.74 Å². The maximum atomic E-state index is 5.64. The smallest absolute Gasteiger partial charge is 0.0918 e. The van der Waals surface area contributed by atoms with Crippen LogP contribution < -0.4 is 5.73 Å². The highest BCUT2D eigenvalue weighted by atomic mass is 32.2. The molecule has 0 aromatic rings. The van der Waals surface area contributed by atoms with Crippen LogP contribution in [0.3, 0.4) is 0 Å². The van der Waals surface area contributed by atoms with Gasteiger partial charge >= 0.3 is 0 Å². The summed E-state index contributed by atoms with van der Waals surface area (Å²) in [5.74, 6) is 0. The van der Waals surface area contributed by atoms with Crippen molar-refractivity contribution in [3.8, 4) is 0 Å². The highest BCUT2D eigenvalue weighted by Crippen LogP contribution is 2.43. The Kier molecular flexibility index (Phi) is 2.44. The third kappa shape index (κ3) is 1.41. The molecular formula is C9H15NOS. The Balaban J connectivity index is 2.16. The Morgan fingerprint density at radius 1 is 1.67 bits per heavy atom. The predicted octanol–water partition coefficient (Wildman–Crippen LogP) is 1.51. The van der Waals surface area contributed by atoms with Gasteiger partial charge in [-0.15, -0.1) is 11.8 Å². The number of hydrogen-bond donors (Lipinski definition) is 1. The second-order valence-electron chi connectivity index (χ2n) is 3.43. The van der Waals surface area contributed by atoms with Crippen LogP contribution in [0, 0.1) is 0 Å². The van der Waals surface area contributed by atoms with Crippen molar-refractivity contribution in [2.45, 2.75) is 31.1 Å². The summed E-state index contributed by atoms with van der Waals surface area (Å²) in [6, 6.07) is 0. The van der Waals surface area contributed by atoms with Gasteiger partial charge in [0.1, 0.15) is 0 Å². The lowest BCUT2D eigenvalue weighted by molar-refractivity contribution is 0.0739. The van der Waals surface area contributed by atoms with Crippen LogP contribution >= 0.6 is 11.8 Å². The molecule has 0 aliphatic carbocycles. The number of ether oxygens (including phenoxy) is 1. The van der Waals surface area contributed by atoms with Gasteiger partial charge in [-0.05, 0) is 16.9 Å². The summed E-state index contributed by atoms with van der Waals surface area (Å²) in [4.78, 5) is 1.56. The quantitative estimate of drug-likeness (QED) is 0.672. The Bertz CT molecular complexity index is 215. The molecule has 2 rings (SSSR count). The fourth-order valence-electron chi connectivity index (χ4n) is 1.92. The first kappa shape index (κ1) is 8.60. The molecule has 68 valence electrons. The van der Waals surface area contributed by atoms with Gasteiger partial charge in [-0.25, -0.2) is 0 Å². The molecule has 3 heteroatoms. The van der Waals surface area contributed by atoms with E-state index < -0.39 is 0 Å². The summed E-state index contributed by atoms with van der Waals surface area (Å²) in [6.45, 7) is 3.78. The van der Waals surface area contributed by atoms with Crippen molar-refractivity contribution < 1.29 is 4.74 Å². The Labute approximate surface area is 77.5 Å². The minimum Gasteiger partial charge on any atom is -0.372 e. The molecule has 0 amide bonds. The second-order valence-corrected chi connectivity index (χ2v) is 4.96.